The molecule has 32 valence electrons. The molecule has 0 unspecified atom stereocenters. The Hall–Kier alpha value is -1.11. The van der Waals surface area contributed by atoms with Crippen molar-refractivity contribution >= 4 is 5.97 Å². The van der Waals surface area contributed by atoms with E-state index < -0.39 is 5.97 Å². The van der Waals surface area contributed by atoms with Gasteiger partial charge in [-0.25, -0.2) is 0 Å². The summed E-state index contributed by atoms with van der Waals surface area (Å²) in [4.78, 5) is 0. The van der Waals surface area contributed by atoms with Gasteiger partial charge in [0, 0.05) is 0 Å². The smallest absolute Gasteiger partial charge is 0.307 e. The van der Waals surface area contributed by atoms with Gasteiger partial charge in [0.05, 0.1) is 0 Å². The van der Waals surface area contributed by atoms with E-state index in [-0.39, 0.29) is 0 Å². The molecule has 4 heteroatoms. The quantitative estimate of drug-likeness (QED) is 0.251. The topological polar surface area (TPSA) is 62.2 Å². The number of hydrazone groups is 1. The largest absolute Gasteiger partial charge is 0.320 e. The van der Waals surface area contributed by atoms with E-state index in [9.17, 15) is 4.39 Å². The first-order valence-corrected chi connectivity index (χ1v) is 1.14. The first kappa shape index (κ1) is 4.89. The standard InChI is InChI=1S/C2H2FN3/c3-2(1-4)6-5/h5H2. The van der Waals surface area contributed by atoms with Crippen molar-refractivity contribution in [3.63, 3.8) is 0 Å². The lowest BCUT2D eigenvalue weighted by molar-refractivity contribution is 0.805. The number of nitrogens with two attached hydrogens (primary N) is 1. The molecule has 0 heterocycles. The molecule has 0 saturated heterocycles. The molecule has 0 saturated carbocycles. The van der Waals surface area contributed by atoms with Crippen LogP contribution in [0.1, 0.15) is 0 Å². The SMILES string of the molecule is N#CC(F)=NN. The molecule has 0 aromatic rings. The molecule has 0 aliphatic carbocycles. The summed E-state index contributed by atoms with van der Waals surface area (Å²) >= 11 is 0. The molecule has 2 N–H and O–H groups in total. The van der Waals surface area contributed by atoms with Crippen LogP contribution in [0, 0.1) is 11.3 Å². The number of hydrogen-bond acceptors (Lipinski definition) is 3. The van der Waals surface area contributed by atoms with E-state index >= 15 is 0 Å². The van der Waals surface area contributed by atoms with Gasteiger partial charge in [0.1, 0.15) is 0 Å². The van der Waals surface area contributed by atoms with Crippen LogP contribution in [-0.2, 0) is 0 Å². The van der Waals surface area contributed by atoms with Gasteiger partial charge in [-0.3, -0.25) is 0 Å². The average molecular weight is 87.1 g/mol. The van der Waals surface area contributed by atoms with Gasteiger partial charge in [-0.15, -0.1) is 5.10 Å². The minimum Gasteiger partial charge on any atom is -0.320 e. The zero-order chi connectivity index (χ0) is 4.99. The van der Waals surface area contributed by atoms with Crippen LogP contribution < -0.4 is 5.84 Å². The number of nitrogens with zero attached hydrogens (tertiary/aromatic N) is 2. The second kappa shape index (κ2) is 2.15. The normalized spacial score (nSPS) is 10.3. The van der Waals surface area contributed by atoms with E-state index in [4.69, 9.17) is 5.26 Å². The molecule has 0 aromatic carbocycles. The number of rotatable bonds is 0. The van der Waals surface area contributed by atoms with Crippen LogP contribution in [0.25, 0.3) is 0 Å². The van der Waals surface area contributed by atoms with Gasteiger partial charge in [-0.05, 0) is 0 Å². The third-order valence-electron chi connectivity index (χ3n) is 0.206. The summed E-state index contributed by atoms with van der Waals surface area (Å²) < 4.78 is 11.1. The number of halogens is 1. The summed E-state index contributed by atoms with van der Waals surface area (Å²) in [5.41, 5.74) is 0. The van der Waals surface area contributed by atoms with Gasteiger partial charge < -0.3 is 5.84 Å². The Morgan fingerprint density at radius 3 is 2.50 bits per heavy atom. The molecule has 0 spiro atoms. The molecule has 0 amide bonds. The fraction of sp³-hybridized carbons (Fsp3) is 0. The second-order valence-corrected chi connectivity index (χ2v) is 0.532. The van der Waals surface area contributed by atoms with E-state index in [1.807, 2.05) is 0 Å². The average Bonchev–Trinajstić information content (AvgIpc) is 1.65. The summed E-state index contributed by atoms with van der Waals surface area (Å²) in [6, 6.07) is 1.07. The fourth-order valence-corrected chi connectivity index (χ4v) is 0.0289. The summed E-state index contributed by atoms with van der Waals surface area (Å²) in [6.45, 7) is 0. The second-order valence-electron chi connectivity index (χ2n) is 0.532. The maximum Gasteiger partial charge on any atom is 0.307 e. The third kappa shape index (κ3) is 1.24. The summed E-state index contributed by atoms with van der Waals surface area (Å²) in [7, 11) is 0. The Balaban J connectivity index is 3.61. The van der Waals surface area contributed by atoms with Crippen molar-refractivity contribution in [2.24, 2.45) is 10.9 Å². The van der Waals surface area contributed by atoms with Crippen molar-refractivity contribution in [3.05, 3.63) is 0 Å². The molecule has 0 aromatic heterocycles. The van der Waals surface area contributed by atoms with Gasteiger partial charge in [0.25, 0.3) is 0 Å². The van der Waals surface area contributed by atoms with Crippen molar-refractivity contribution in [2.75, 3.05) is 0 Å². The lowest BCUT2D eigenvalue weighted by atomic mass is 10.8. The van der Waals surface area contributed by atoms with Crippen LogP contribution in [0.15, 0.2) is 5.10 Å². The van der Waals surface area contributed by atoms with Crippen molar-refractivity contribution in [1.29, 1.82) is 5.26 Å². The minimum atomic E-state index is -1.20. The molecule has 6 heavy (non-hydrogen) atoms. The van der Waals surface area contributed by atoms with Crippen LogP contribution in [0.4, 0.5) is 4.39 Å². The number of hydrogen-bond donors (Lipinski definition) is 1. The lowest BCUT2D eigenvalue weighted by Gasteiger charge is -1.65. The Kier molecular flexibility index (Phi) is 1.75. The molecule has 0 aliphatic heterocycles. The molecule has 0 fully saturated rings. The zero-order valence-corrected chi connectivity index (χ0v) is 2.85. The highest BCUT2D eigenvalue weighted by molar-refractivity contribution is 5.89. The Bertz CT molecular complexity index is 99.9. The summed E-state index contributed by atoms with van der Waals surface area (Å²) in [5, 5.41) is 9.89. The predicted molar refractivity (Wildman–Crippen MR) is 18.3 cm³/mol. The predicted octanol–water partition coefficient (Wildman–Crippen LogP) is -0.248. The number of nitriles is 1. The van der Waals surface area contributed by atoms with E-state index in [0.717, 1.165) is 6.07 Å². The van der Waals surface area contributed by atoms with Gasteiger partial charge in [-0.1, -0.05) is 0 Å². The summed E-state index contributed by atoms with van der Waals surface area (Å²) in [5.74, 6) is 3.07. The molecule has 0 bridgehead atoms. The van der Waals surface area contributed by atoms with E-state index in [1.165, 1.54) is 0 Å². The van der Waals surface area contributed by atoms with E-state index in [2.05, 4.69) is 10.9 Å². The molecule has 0 radical (unpaired) electrons. The molecule has 0 aliphatic rings. The first-order valence-electron chi connectivity index (χ1n) is 1.14. The maximum atomic E-state index is 11.1. The monoisotopic (exact) mass is 87.0 g/mol. The fourth-order valence-electron chi connectivity index (χ4n) is 0.0289. The Morgan fingerprint density at radius 1 is 2.00 bits per heavy atom. The van der Waals surface area contributed by atoms with E-state index in [0.29, 0.717) is 0 Å². The van der Waals surface area contributed by atoms with Crippen molar-refractivity contribution in [1.82, 2.24) is 0 Å². The van der Waals surface area contributed by atoms with Gasteiger partial charge in [0.15, 0.2) is 6.07 Å². The lowest BCUT2D eigenvalue weighted by Crippen LogP contribution is -1.87. The molecular weight excluding hydrogens is 85.0 g/mol. The van der Waals surface area contributed by atoms with Crippen molar-refractivity contribution < 1.29 is 4.39 Å². The molecule has 0 rings (SSSR count). The van der Waals surface area contributed by atoms with Crippen LogP contribution in [-0.4, -0.2) is 5.97 Å². The highest BCUT2D eigenvalue weighted by Crippen LogP contribution is 1.67. The van der Waals surface area contributed by atoms with Crippen molar-refractivity contribution in [3.8, 4) is 6.07 Å². The Morgan fingerprint density at radius 2 is 2.50 bits per heavy atom. The van der Waals surface area contributed by atoms with Crippen LogP contribution in [0.2, 0.25) is 0 Å². The highest BCUT2D eigenvalue weighted by atomic mass is 19.1. The molecule has 0 atom stereocenters. The van der Waals surface area contributed by atoms with Crippen molar-refractivity contribution in [2.45, 2.75) is 0 Å². The van der Waals surface area contributed by atoms with Gasteiger partial charge in [0.2, 0.25) is 0 Å². The van der Waals surface area contributed by atoms with Crippen LogP contribution >= 0.6 is 0 Å². The van der Waals surface area contributed by atoms with Crippen LogP contribution in [0.5, 0.6) is 0 Å². The van der Waals surface area contributed by atoms with Gasteiger partial charge >= 0.3 is 5.97 Å². The zero-order valence-electron chi connectivity index (χ0n) is 2.85. The third-order valence-corrected chi connectivity index (χ3v) is 0.206. The minimum absolute atomic E-state index is 1.07. The molecule has 3 nitrogen and oxygen atoms in total. The molecular formula is C2H2FN3. The highest BCUT2D eigenvalue weighted by Gasteiger charge is 1.82. The first-order chi connectivity index (χ1) is 2.81. The maximum absolute atomic E-state index is 11.1. The summed E-state index contributed by atoms with van der Waals surface area (Å²) in [6.07, 6.45) is 0. The van der Waals surface area contributed by atoms with Crippen LogP contribution in [0.3, 0.4) is 0 Å². The van der Waals surface area contributed by atoms with Gasteiger partial charge in [-0.2, -0.15) is 9.65 Å². The Labute approximate surface area is 33.9 Å². The van der Waals surface area contributed by atoms with E-state index in [1.54, 1.807) is 0 Å².